The van der Waals surface area contributed by atoms with E-state index in [1.165, 1.54) is 0 Å². The average molecular weight is 405 g/mol. The van der Waals surface area contributed by atoms with Gasteiger partial charge in [-0.3, -0.25) is 0 Å². The molecule has 3 nitrogen and oxygen atoms in total. The molecule has 100 valence electrons. The zero-order valence-electron chi connectivity index (χ0n) is 9.81. The molecule has 0 saturated heterocycles. The van der Waals surface area contributed by atoms with E-state index in [2.05, 4.69) is 31.9 Å². The standard InChI is InChI=1S/C13H11Br2NO2S/c14-9-4-6-10(7-5-9)19(17,18)8-11-12(15)2-1-3-13(11)16/h1-7H,8,16H2. The van der Waals surface area contributed by atoms with Crippen LogP contribution in [0.1, 0.15) is 5.56 Å². The SMILES string of the molecule is Nc1cccc(Br)c1CS(=O)(=O)c1ccc(Br)cc1. The Labute approximate surface area is 129 Å². The van der Waals surface area contributed by atoms with Crippen molar-refractivity contribution >= 4 is 47.4 Å². The first kappa shape index (κ1) is 14.6. The Balaban J connectivity index is 2.39. The largest absolute Gasteiger partial charge is 0.398 e. The predicted molar refractivity (Wildman–Crippen MR) is 83.6 cm³/mol. The van der Waals surface area contributed by atoms with Gasteiger partial charge in [-0.15, -0.1) is 0 Å². The molecular weight excluding hydrogens is 394 g/mol. The highest BCUT2D eigenvalue weighted by molar-refractivity contribution is 9.10. The Bertz CT molecular complexity index is 677. The minimum Gasteiger partial charge on any atom is -0.398 e. The van der Waals surface area contributed by atoms with Crippen LogP contribution in [0.25, 0.3) is 0 Å². The van der Waals surface area contributed by atoms with Gasteiger partial charge in [-0.2, -0.15) is 0 Å². The Kier molecular flexibility index (Phi) is 4.32. The minimum absolute atomic E-state index is 0.123. The normalized spacial score (nSPS) is 11.5. The minimum atomic E-state index is -3.41. The number of nitrogen functional groups attached to an aromatic ring is 1. The third-order valence-corrected chi connectivity index (χ3v) is 5.59. The van der Waals surface area contributed by atoms with Crippen molar-refractivity contribution in [2.75, 3.05) is 5.73 Å². The van der Waals surface area contributed by atoms with Crippen LogP contribution in [-0.4, -0.2) is 8.42 Å². The van der Waals surface area contributed by atoms with Gasteiger partial charge in [0.2, 0.25) is 0 Å². The van der Waals surface area contributed by atoms with Crippen molar-refractivity contribution in [3.05, 3.63) is 57.0 Å². The van der Waals surface area contributed by atoms with Crippen molar-refractivity contribution in [3.8, 4) is 0 Å². The summed E-state index contributed by atoms with van der Waals surface area (Å²) in [6.07, 6.45) is 0. The fourth-order valence-electron chi connectivity index (χ4n) is 1.64. The van der Waals surface area contributed by atoms with Crippen molar-refractivity contribution in [2.24, 2.45) is 0 Å². The molecule has 0 aliphatic heterocycles. The molecule has 0 atom stereocenters. The molecule has 0 fully saturated rings. The first-order valence-electron chi connectivity index (χ1n) is 5.41. The molecule has 0 saturated carbocycles. The summed E-state index contributed by atoms with van der Waals surface area (Å²) in [4.78, 5) is 0.283. The van der Waals surface area contributed by atoms with E-state index < -0.39 is 9.84 Å². The summed E-state index contributed by atoms with van der Waals surface area (Å²) in [5, 5.41) is 0. The second kappa shape index (κ2) is 5.64. The molecule has 19 heavy (non-hydrogen) atoms. The van der Waals surface area contributed by atoms with Crippen LogP contribution in [0.3, 0.4) is 0 Å². The van der Waals surface area contributed by atoms with Gasteiger partial charge in [-0.1, -0.05) is 37.9 Å². The van der Waals surface area contributed by atoms with Gasteiger partial charge in [-0.25, -0.2) is 8.42 Å². The van der Waals surface area contributed by atoms with Crippen LogP contribution in [0.15, 0.2) is 56.3 Å². The van der Waals surface area contributed by atoms with E-state index in [0.29, 0.717) is 15.7 Å². The van der Waals surface area contributed by atoms with Crippen molar-refractivity contribution < 1.29 is 8.42 Å². The number of sulfone groups is 1. The van der Waals surface area contributed by atoms with Gasteiger partial charge in [0.15, 0.2) is 9.84 Å². The van der Waals surface area contributed by atoms with Gasteiger partial charge in [0.05, 0.1) is 10.6 Å². The summed E-state index contributed by atoms with van der Waals surface area (Å²) in [6, 6.07) is 11.8. The van der Waals surface area contributed by atoms with Crippen molar-refractivity contribution in [3.63, 3.8) is 0 Å². The molecular formula is C13H11Br2NO2S. The lowest BCUT2D eigenvalue weighted by atomic mass is 10.2. The monoisotopic (exact) mass is 403 g/mol. The summed E-state index contributed by atoms with van der Waals surface area (Å²) >= 11 is 6.61. The first-order chi connectivity index (χ1) is 8.90. The van der Waals surface area contributed by atoms with Crippen LogP contribution in [0.4, 0.5) is 5.69 Å². The van der Waals surface area contributed by atoms with Crippen molar-refractivity contribution in [1.29, 1.82) is 0 Å². The smallest absolute Gasteiger partial charge is 0.182 e. The molecule has 0 aliphatic carbocycles. The Hall–Kier alpha value is -0.850. The van der Waals surface area contributed by atoms with E-state index in [1.54, 1.807) is 42.5 Å². The van der Waals surface area contributed by atoms with E-state index in [0.717, 1.165) is 4.47 Å². The highest BCUT2D eigenvalue weighted by atomic mass is 79.9. The lowest BCUT2D eigenvalue weighted by Crippen LogP contribution is -2.07. The van der Waals surface area contributed by atoms with Gasteiger partial charge >= 0.3 is 0 Å². The highest BCUT2D eigenvalue weighted by Crippen LogP contribution is 2.27. The fraction of sp³-hybridized carbons (Fsp3) is 0.0769. The molecule has 0 radical (unpaired) electrons. The van der Waals surface area contributed by atoms with E-state index in [4.69, 9.17) is 5.73 Å². The van der Waals surface area contributed by atoms with E-state index in [-0.39, 0.29) is 10.6 Å². The third kappa shape index (κ3) is 3.38. The number of nitrogens with two attached hydrogens (primary N) is 1. The summed E-state index contributed by atoms with van der Waals surface area (Å²) in [5.74, 6) is -0.123. The first-order valence-corrected chi connectivity index (χ1v) is 8.65. The third-order valence-electron chi connectivity index (χ3n) is 2.66. The molecule has 0 amide bonds. The molecule has 2 rings (SSSR count). The van der Waals surface area contributed by atoms with Gasteiger partial charge < -0.3 is 5.73 Å². The number of rotatable bonds is 3. The van der Waals surface area contributed by atoms with Gasteiger partial charge in [-0.05, 0) is 36.4 Å². The summed E-state index contributed by atoms with van der Waals surface area (Å²) in [6.45, 7) is 0. The second-order valence-electron chi connectivity index (χ2n) is 4.02. The maximum atomic E-state index is 12.3. The van der Waals surface area contributed by atoms with Crippen LogP contribution in [0.5, 0.6) is 0 Å². The molecule has 0 unspecified atom stereocenters. The maximum absolute atomic E-state index is 12.3. The average Bonchev–Trinajstić information content (AvgIpc) is 2.35. The second-order valence-corrected chi connectivity index (χ2v) is 7.78. The summed E-state index contributed by atoms with van der Waals surface area (Å²) in [7, 11) is -3.41. The highest BCUT2D eigenvalue weighted by Gasteiger charge is 2.18. The van der Waals surface area contributed by atoms with E-state index >= 15 is 0 Å². The van der Waals surface area contributed by atoms with Crippen LogP contribution < -0.4 is 5.73 Å². The molecule has 0 bridgehead atoms. The number of hydrogen-bond acceptors (Lipinski definition) is 3. The number of halogens is 2. The maximum Gasteiger partial charge on any atom is 0.182 e. The Morgan fingerprint density at radius 2 is 1.63 bits per heavy atom. The van der Waals surface area contributed by atoms with Gasteiger partial charge in [0.1, 0.15) is 0 Å². The molecule has 6 heteroatoms. The van der Waals surface area contributed by atoms with E-state index in [1.807, 2.05) is 0 Å². The Morgan fingerprint density at radius 1 is 1.00 bits per heavy atom. The van der Waals surface area contributed by atoms with Crippen LogP contribution >= 0.6 is 31.9 Å². The number of benzene rings is 2. The zero-order chi connectivity index (χ0) is 14.0. The molecule has 0 heterocycles. The van der Waals surface area contributed by atoms with E-state index in [9.17, 15) is 8.42 Å². The lowest BCUT2D eigenvalue weighted by Gasteiger charge is -2.09. The van der Waals surface area contributed by atoms with Crippen molar-refractivity contribution in [2.45, 2.75) is 10.6 Å². The van der Waals surface area contributed by atoms with Gasteiger partial charge in [0.25, 0.3) is 0 Å². The summed E-state index contributed by atoms with van der Waals surface area (Å²) < 4.78 is 26.2. The molecule has 0 aromatic heterocycles. The summed E-state index contributed by atoms with van der Waals surface area (Å²) in [5.41, 5.74) is 6.88. The molecule has 2 N–H and O–H groups in total. The molecule has 0 spiro atoms. The topological polar surface area (TPSA) is 60.2 Å². The van der Waals surface area contributed by atoms with Gasteiger partial charge in [0, 0.05) is 20.2 Å². The van der Waals surface area contributed by atoms with Crippen LogP contribution in [0, 0.1) is 0 Å². The number of anilines is 1. The molecule has 0 aliphatic rings. The predicted octanol–water partition coefficient (Wildman–Crippen LogP) is 3.77. The molecule has 2 aromatic carbocycles. The zero-order valence-corrected chi connectivity index (χ0v) is 13.8. The molecule has 2 aromatic rings. The van der Waals surface area contributed by atoms with Crippen LogP contribution in [-0.2, 0) is 15.6 Å². The quantitative estimate of drug-likeness (QED) is 0.792. The van der Waals surface area contributed by atoms with Crippen LogP contribution in [0.2, 0.25) is 0 Å². The number of hydrogen-bond donors (Lipinski definition) is 1. The lowest BCUT2D eigenvalue weighted by molar-refractivity contribution is 0.595. The Morgan fingerprint density at radius 3 is 2.21 bits per heavy atom. The van der Waals surface area contributed by atoms with Crippen molar-refractivity contribution in [1.82, 2.24) is 0 Å². The fourth-order valence-corrected chi connectivity index (χ4v) is 4.03.